The van der Waals surface area contributed by atoms with Crippen LogP contribution in [0.3, 0.4) is 0 Å². The predicted octanol–water partition coefficient (Wildman–Crippen LogP) is 1.40. The van der Waals surface area contributed by atoms with E-state index in [2.05, 4.69) is 11.8 Å². The lowest BCUT2D eigenvalue weighted by Gasteiger charge is -2.26. The third-order valence-corrected chi connectivity index (χ3v) is 2.89. The van der Waals surface area contributed by atoms with Crippen molar-refractivity contribution >= 4 is 5.91 Å². The molecule has 0 aliphatic carbocycles. The highest BCUT2D eigenvalue weighted by molar-refractivity contribution is 5.94. The van der Waals surface area contributed by atoms with E-state index < -0.39 is 11.7 Å². The van der Waals surface area contributed by atoms with Crippen molar-refractivity contribution in [3.05, 3.63) is 35.1 Å². The molecule has 0 aliphatic rings. The Balaban J connectivity index is 2.99. The average Bonchev–Trinajstić information content (AvgIpc) is 2.44. The highest BCUT2D eigenvalue weighted by Crippen LogP contribution is 2.14. The molecule has 0 bridgehead atoms. The summed E-state index contributed by atoms with van der Waals surface area (Å²) in [5.74, 6) is 4.32. The maximum atomic E-state index is 14.0. The second-order valence-corrected chi connectivity index (χ2v) is 4.79. The fourth-order valence-electron chi connectivity index (χ4n) is 1.84. The lowest BCUT2D eigenvalue weighted by Crippen LogP contribution is -2.39. The number of benzene rings is 1. The van der Waals surface area contributed by atoms with E-state index in [0.717, 1.165) is 0 Å². The van der Waals surface area contributed by atoms with Gasteiger partial charge in [0.15, 0.2) is 0 Å². The molecule has 0 spiro atoms. The van der Waals surface area contributed by atoms with E-state index in [1.165, 1.54) is 17.0 Å². The van der Waals surface area contributed by atoms with Crippen molar-refractivity contribution < 1.29 is 19.4 Å². The Hall–Kier alpha value is -1.90. The maximum Gasteiger partial charge on any atom is 0.257 e. The number of halogens is 1. The Bertz CT molecular complexity index is 546. The zero-order chi connectivity index (χ0) is 15.8. The van der Waals surface area contributed by atoms with Crippen LogP contribution in [0.5, 0.6) is 0 Å². The number of hydrogen-bond acceptors (Lipinski definition) is 3. The van der Waals surface area contributed by atoms with Crippen LogP contribution in [0.2, 0.25) is 0 Å². The second-order valence-electron chi connectivity index (χ2n) is 4.79. The molecule has 0 aromatic heterocycles. The molecule has 0 saturated carbocycles. The molecule has 1 amide bonds. The molecule has 1 aromatic carbocycles. The first-order chi connectivity index (χ1) is 10.0. The van der Waals surface area contributed by atoms with Crippen molar-refractivity contribution in [2.24, 2.45) is 0 Å². The van der Waals surface area contributed by atoms with Gasteiger partial charge < -0.3 is 15.1 Å². The van der Waals surface area contributed by atoms with E-state index in [4.69, 9.17) is 10.2 Å². The molecule has 1 rings (SSSR count). The van der Waals surface area contributed by atoms with Gasteiger partial charge in [-0.2, -0.15) is 0 Å². The number of aliphatic hydroxyl groups is 2. The van der Waals surface area contributed by atoms with Crippen LogP contribution >= 0.6 is 0 Å². The number of aliphatic hydroxyl groups excluding tert-OH is 2. The van der Waals surface area contributed by atoms with Crippen LogP contribution in [-0.4, -0.2) is 46.8 Å². The van der Waals surface area contributed by atoms with Crippen LogP contribution in [-0.2, 0) is 0 Å². The summed E-state index contributed by atoms with van der Waals surface area (Å²) >= 11 is 0. The number of carbonyl (C=O) groups is 1. The molecule has 1 aromatic rings. The quantitative estimate of drug-likeness (QED) is 0.807. The average molecular weight is 293 g/mol. The monoisotopic (exact) mass is 293 g/mol. The standard InChI is InChI=1S/C16H20FNO3/c1-12(2)18(8-10-20)16(21)14-7-6-13(11-15(14)17)5-3-4-9-19/h6-7,11-12,19-20H,4,8-10H2,1-2H3. The summed E-state index contributed by atoms with van der Waals surface area (Å²) in [4.78, 5) is 13.7. The molecule has 114 valence electrons. The molecule has 0 radical (unpaired) electrons. The van der Waals surface area contributed by atoms with Crippen molar-refractivity contribution in [1.82, 2.24) is 4.90 Å². The smallest absolute Gasteiger partial charge is 0.257 e. The van der Waals surface area contributed by atoms with Gasteiger partial charge in [0, 0.05) is 24.6 Å². The van der Waals surface area contributed by atoms with Crippen molar-refractivity contribution in [3.8, 4) is 11.8 Å². The van der Waals surface area contributed by atoms with Gasteiger partial charge in [-0.05, 0) is 32.0 Å². The van der Waals surface area contributed by atoms with Gasteiger partial charge in [-0.1, -0.05) is 11.8 Å². The highest BCUT2D eigenvalue weighted by Gasteiger charge is 2.21. The van der Waals surface area contributed by atoms with E-state index in [1.807, 2.05) is 0 Å². The minimum Gasteiger partial charge on any atom is -0.395 e. The van der Waals surface area contributed by atoms with Gasteiger partial charge in [0.1, 0.15) is 5.82 Å². The molecule has 0 unspecified atom stereocenters. The Kier molecular flexibility index (Phi) is 6.86. The number of hydrogen-bond donors (Lipinski definition) is 2. The molecule has 0 heterocycles. The minimum atomic E-state index is -0.639. The number of rotatable bonds is 5. The fourth-order valence-corrected chi connectivity index (χ4v) is 1.84. The van der Waals surface area contributed by atoms with E-state index >= 15 is 0 Å². The second kappa shape index (κ2) is 8.40. The van der Waals surface area contributed by atoms with E-state index in [0.29, 0.717) is 12.0 Å². The molecule has 4 nitrogen and oxygen atoms in total. The van der Waals surface area contributed by atoms with Gasteiger partial charge in [0.05, 0.1) is 18.8 Å². The summed E-state index contributed by atoms with van der Waals surface area (Å²) in [5, 5.41) is 17.6. The van der Waals surface area contributed by atoms with Gasteiger partial charge >= 0.3 is 0 Å². The van der Waals surface area contributed by atoms with Crippen LogP contribution in [0, 0.1) is 17.7 Å². The van der Waals surface area contributed by atoms with Crippen LogP contribution in [0.1, 0.15) is 36.2 Å². The van der Waals surface area contributed by atoms with E-state index in [1.54, 1.807) is 19.9 Å². The summed E-state index contributed by atoms with van der Waals surface area (Å²) in [6.07, 6.45) is 0.319. The van der Waals surface area contributed by atoms with Gasteiger partial charge in [0.25, 0.3) is 5.91 Å². The predicted molar refractivity (Wildman–Crippen MR) is 78.2 cm³/mol. The van der Waals surface area contributed by atoms with Crippen molar-refractivity contribution in [2.75, 3.05) is 19.8 Å². The van der Waals surface area contributed by atoms with Crippen LogP contribution < -0.4 is 0 Å². The van der Waals surface area contributed by atoms with Gasteiger partial charge in [-0.25, -0.2) is 4.39 Å². The molecule has 21 heavy (non-hydrogen) atoms. The lowest BCUT2D eigenvalue weighted by molar-refractivity contribution is 0.0660. The first-order valence-corrected chi connectivity index (χ1v) is 6.82. The summed E-state index contributed by atoms with van der Waals surface area (Å²) in [7, 11) is 0. The first-order valence-electron chi connectivity index (χ1n) is 6.82. The zero-order valence-corrected chi connectivity index (χ0v) is 12.3. The highest BCUT2D eigenvalue weighted by atomic mass is 19.1. The van der Waals surface area contributed by atoms with Crippen LogP contribution in [0.4, 0.5) is 4.39 Å². The number of carbonyl (C=O) groups excluding carboxylic acids is 1. The lowest BCUT2D eigenvalue weighted by atomic mass is 10.1. The Labute approximate surface area is 124 Å². The van der Waals surface area contributed by atoms with Crippen molar-refractivity contribution in [2.45, 2.75) is 26.3 Å². The topological polar surface area (TPSA) is 60.8 Å². The van der Waals surface area contributed by atoms with Gasteiger partial charge in [0.2, 0.25) is 0 Å². The molecule has 0 saturated heterocycles. The maximum absolute atomic E-state index is 14.0. The first kappa shape index (κ1) is 17.2. The number of amides is 1. The van der Waals surface area contributed by atoms with E-state index in [-0.39, 0.29) is 31.4 Å². The zero-order valence-electron chi connectivity index (χ0n) is 12.3. The van der Waals surface area contributed by atoms with Crippen molar-refractivity contribution in [3.63, 3.8) is 0 Å². The third-order valence-electron chi connectivity index (χ3n) is 2.89. The Morgan fingerprint density at radius 3 is 2.57 bits per heavy atom. The van der Waals surface area contributed by atoms with Crippen LogP contribution in [0.25, 0.3) is 0 Å². The van der Waals surface area contributed by atoms with E-state index in [9.17, 15) is 9.18 Å². The molecule has 2 N–H and O–H groups in total. The Morgan fingerprint density at radius 1 is 1.33 bits per heavy atom. The van der Waals surface area contributed by atoms with Gasteiger partial charge in [-0.15, -0.1) is 0 Å². The largest absolute Gasteiger partial charge is 0.395 e. The molecule has 0 fully saturated rings. The summed E-state index contributed by atoms with van der Waals surface area (Å²) in [6.45, 7) is 3.56. The Morgan fingerprint density at radius 2 is 2.05 bits per heavy atom. The molecular weight excluding hydrogens is 273 g/mol. The molecule has 0 aliphatic heterocycles. The SMILES string of the molecule is CC(C)N(CCO)C(=O)c1ccc(C#CCCO)cc1F. The molecule has 0 atom stereocenters. The summed E-state index contributed by atoms with van der Waals surface area (Å²) in [6, 6.07) is 4.04. The molecular formula is C16H20FNO3. The summed E-state index contributed by atoms with van der Waals surface area (Å²) in [5.41, 5.74) is 0.417. The number of nitrogens with zero attached hydrogens (tertiary/aromatic N) is 1. The van der Waals surface area contributed by atoms with Crippen molar-refractivity contribution in [1.29, 1.82) is 0 Å². The minimum absolute atomic E-state index is 0.0372. The normalized spacial score (nSPS) is 10.2. The fraction of sp³-hybridized carbons (Fsp3) is 0.438. The van der Waals surface area contributed by atoms with Gasteiger partial charge in [-0.3, -0.25) is 4.79 Å². The summed E-state index contributed by atoms with van der Waals surface area (Å²) < 4.78 is 14.0. The molecule has 5 heteroatoms. The van der Waals surface area contributed by atoms with Crippen LogP contribution in [0.15, 0.2) is 18.2 Å². The third kappa shape index (κ3) is 4.85.